The van der Waals surface area contributed by atoms with Crippen LogP contribution in [-0.2, 0) is 9.47 Å². The fourth-order valence-corrected chi connectivity index (χ4v) is 3.06. The quantitative estimate of drug-likeness (QED) is 0.735. The Morgan fingerprint density at radius 3 is 2.67 bits per heavy atom. The highest BCUT2D eigenvalue weighted by Crippen LogP contribution is 2.31. The van der Waals surface area contributed by atoms with Gasteiger partial charge in [-0.1, -0.05) is 0 Å². The fraction of sp³-hybridized carbons (Fsp3) is 1.00. The molecule has 2 aliphatic heterocycles. The predicted molar refractivity (Wildman–Crippen MR) is 67.4 cm³/mol. The SMILES string of the molecule is CC1(C)CN(CC2(CO)CCOC2)CC(CO)O1. The minimum atomic E-state index is -0.248. The van der Waals surface area contributed by atoms with Gasteiger partial charge in [-0.2, -0.15) is 0 Å². The first-order chi connectivity index (χ1) is 8.49. The zero-order valence-corrected chi connectivity index (χ0v) is 11.4. The molecule has 5 heteroatoms. The van der Waals surface area contributed by atoms with Crippen LogP contribution < -0.4 is 0 Å². The van der Waals surface area contributed by atoms with Crippen LogP contribution >= 0.6 is 0 Å². The molecule has 18 heavy (non-hydrogen) atoms. The van der Waals surface area contributed by atoms with Crippen molar-refractivity contribution < 1.29 is 19.7 Å². The van der Waals surface area contributed by atoms with E-state index in [0.717, 1.165) is 32.7 Å². The van der Waals surface area contributed by atoms with Crippen molar-refractivity contribution in [3.8, 4) is 0 Å². The maximum Gasteiger partial charge on any atom is 0.0940 e. The van der Waals surface area contributed by atoms with E-state index in [2.05, 4.69) is 4.90 Å². The fourth-order valence-electron chi connectivity index (χ4n) is 3.06. The Hall–Kier alpha value is -0.200. The Bertz CT molecular complexity index is 276. The van der Waals surface area contributed by atoms with Gasteiger partial charge in [0, 0.05) is 31.7 Å². The van der Waals surface area contributed by atoms with E-state index in [1.165, 1.54) is 0 Å². The van der Waals surface area contributed by atoms with Crippen molar-refractivity contribution in [2.45, 2.75) is 32.0 Å². The molecule has 2 fully saturated rings. The lowest BCUT2D eigenvalue weighted by molar-refractivity contribution is -0.155. The van der Waals surface area contributed by atoms with Gasteiger partial charge in [0.1, 0.15) is 0 Å². The van der Waals surface area contributed by atoms with Gasteiger partial charge in [-0.05, 0) is 20.3 Å². The number of nitrogens with zero attached hydrogens (tertiary/aromatic N) is 1. The van der Waals surface area contributed by atoms with Crippen molar-refractivity contribution in [3.05, 3.63) is 0 Å². The van der Waals surface area contributed by atoms with Crippen LogP contribution in [0.5, 0.6) is 0 Å². The molecule has 0 spiro atoms. The lowest BCUT2D eigenvalue weighted by Gasteiger charge is -2.44. The number of hydrogen-bond donors (Lipinski definition) is 2. The maximum absolute atomic E-state index is 9.61. The van der Waals surface area contributed by atoms with E-state index in [-0.39, 0.29) is 30.3 Å². The average Bonchev–Trinajstić information content (AvgIpc) is 2.76. The van der Waals surface area contributed by atoms with Crippen LogP contribution in [0.25, 0.3) is 0 Å². The van der Waals surface area contributed by atoms with E-state index < -0.39 is 0 Å². The maximum atomic E-state index is 9.61. The Morgan fingerprint density at radius 1 is 1.33 bits per heavy atom. The van der Waals surface area contributed by atoms with Gasteiger partial charge in [0.15, 0.2) is 0 Å². The number of aliphatic hydroxyl groups excluding tert-OH is 2. The van der Waals surface area contributed by atoms with Gasteiger partial charge >= 0.3 is 0 Å². The minimum absolute atomic E-state index is 0.0442. The molecule has 2 rings (SSSR count). The minimum Gasteiger partial charge on any atom is -0.396 e. The Balaban J connectivity index is 1.99. The van der Waals surface area contributed by atoms with Crippen molar-refractivity contribution in [1.29, 1.82) is 0 Å². The number of morpholine rings is 1. The molecule has 5 nitrogen and oxygen atoms in total. The first-order valence-corrected chi connectivity index (χ1v) is 6.68. The summed E-state index contributed by atoms with van der Waals surface area (Å²) in [5, 5.41) is 18.9. The second kappa shape index (κ2) is 5.43. The molecule has 0 aliphatic carbocycles. The van der Waals surface area contributed by atoms with Crippen molar-refractivity contribution >= 4 is 0 Å². The smallest absolute Gasteiger partial charge is 0.0940 e. The highest BCUT2D eigenvalue weighted by Gasteiger charge is 2.40. The van der Waals surface area contributed by atoms with Gasteiger partial charge in [0.25, 0.3) is 0 Å². The monoisotopic (exact) mass is 259 g/mol. The first kappa shape index (κ1) is 14.2. The van der Waals surface area contributed by atoms with Crippen molar-refractivity contribution in [3.63, 3.8) is 0 Å². The Labute approximate surface area is 109 Å². The summed E-state index contributed by atoms with van der Waals surface area (Å²) in [7, 11) is 0. The van der Waals surface area contributed by atoms with Crippen LogP contribution in [-0.4, -0.2) is 72.9 Å². The molecule has 0 radical (unpaired) electrons. The molecule has 0 aromatic rings. The van der Waals surface area contributed by atoms with E-state index >= 15 is 0 Å². The summed E-state index contributed by atoms with van der Waals surface area (Å²) in [6.45, 7) is 8.01. The number of aliphatic hydroxyl groups is 2. The van der Waals surface area contributed by atoms with E-state index in [0.29, 0.717) is 6.61 Å². The van der Waals surface area contributed by atoms with E-state index in [4.69, 9.17) is 9.47 Å². The molecule has 0 amide bonds. The predicted octanol–water partition coefficient (Wildman–Crippen LogP) is -0.143. The molecule has 0 saturated carbocycles. The lowest BCUT2D eigenvalue weighted by Crippen LogP contribution is -2.56. The Kier molecular flexibility index (Phi) is 4.29. The van der Waals surface area contributed by atoms with Crippen LogP contribution in [0.3, 0.4) is 0 Å². The van der Waals surface area contributed by atoms with E-state index in [9.17, 15) is 10.2 Å². The first-order valence-electron chi connectivity index (χ1n) is 6.68. The third-order valence-electron chi connectivity index (χ3n) is 3.83. The average molecular weight is 259 g/mol. The molecule has 2 saturated heterocycles. The Morgan fingerprint density at radius 2 is 2.11 bits per heavy atom. The second-order valence-electron chi connectivity index (χ2n) is 6.31. The summed E-state index contributed by atoms with van der Waals surface area (Å²) in [5.74, 6) is 0. The molecule has 0 aromatic carbocycles. The number of ether oxygens (including phenoxy) is 2. The standard InChI is InChI=1S/C13H25NO4/c1-12(2)7-14(5-11(6-15)18-12)8-13(9-16)3-4-17-10-13/h11,15-16H,3-10H2,1-2H3. The van der Waals surface area contributed by atoms with Gasteiger partial charge in [0.05, 0.1) is 31.5 Å². The van der Waals surface area contributed by atoms with Crippen LogP contribution in [0.15, 0.2) is 0 Å². The molecular formula is C13H25NO4. The number of rotatable bonds is 4. The van der Waals surface area contributed by atoms with Crippen molar-refractivity contribution in [1.82, 2.24) is 4.90 Å². The van der Waals surface area contributed by atoms with E-state index in [1.54, 1.807) is 0 Å². The molecule has 2 aliphatic rings. The molecule has 0 aromatic heterocycles. The lowest BCUT2D eigenvalue weighted by atomic mass is 9.87. The molecule has 2 unspecified atom stereocenters. The number of hydrogen-bond acceptors (Lipinski definition) is 5. The van der Waals surface area contributed by atoms with Crippen LogP contribution in [0, 0.1) is 5.41 Å². The van der Waals surface area contributed by atoms with Crippen LogP contribution in [0.2, 0.25) is 0 Å². The van der Waals surface area contributed by atoms with Gasteiger partial charge in [-0.25, -0.2) is 0 Å². The van der Waals surface area contributed by atoms with Crippen molar-refractivity contribution in [2.75, 3.05) is 46.1 Å². The van der Waals surface area contributed by atoms with E-state index in [1.807, 2.05) is 13.8 Å². The summed E-state index contributed by atoms with van der Waals surface area (Å²) < 4.78 is 11.2. The van der Waals surface area contributed by atoms with Crippen LogP contribution in [0.4, 0.5) is 0 Å². The second-order valence-corrected chi connectivity index (χ2v) is 6.31. The largest absolute Gasteiger partial charge is 0.396 e. The molecule has 106 valence electrons. The normalized spacial score (nSPS) is 37.0. The van der Waals surface area contributed by atoms with Gasteiger partial charge < -0.3 is 19.7 Å². The third-order valence-corrected chi connectivity index (χ3v) is 3.83. The highest BCUT2D eigenvalue weighted by atomic mass is 16.5. The zero-order valence-electron chi connectivity index (χ0n) is 11.4. The molecule has 0 bridgehead atoms. The van der Waals surface area contributed by atoms with Gasteiger partial charge in [0.2, 0.25) is 0 Å². The van der Waals surface area contributed by atoms with Crippen LogP contribution in [0.1, 0.15) is 20.3 Å². The summed E-state index contributed by atoms with van der Waals surface area (Å²) in [5.41, 5.74) is -0.380. The topological polar surface area (TPSA) is 62.2 Å². The van der Waals surface area contributed by atoms with Gasteiger partial charge in [-0.15, -0.1) is 0 Å². The molecule has 2 atom stereocenters. The molecule has 2 N–H and O–H groups in total. The zero-order chi connectivity index (χ0) is 13.2. The molecule has 2 heterocycles. The highest BCUT2D eigenvalue weighted by molar-refractivity contribution is 4.91. The summed E-state index contributed by atoms with van der Waals surface area (Å²) >= 11 is 0. The van der Waals surface area contributed by atoms with Gasteiger partial charge in [-0.3, -0.25) is 4.90 Å². The van der Waals surface area contributed by atoms with Crippen molar-refractivity contribution in [2.24, 2.45) is 5.41 Å². The molecular weight excluding hydrogens is 234 g/mol. The summed E-state index contributed by atoms with van der Waals surface area (Å²) in [4.78, 5) is 2.29. The summed E-state index contributed by atoms with van der Waals surface area (Å²) in [6.07, 6.45) is 0.775. The summed E-state index contributed by atoms with van der Waals surface area (Å²) in [6, 6.07) is 0. The third kappa shape index (κ3) is 3.22.